The monoisotopic (exact) mass is 521 g/mol. The van der Waals surface area contributed by atoms with Crippen molar-refractivity contribution in [2.75, 3.05) is 0 Å². The van der Waals surface area contributed by atoms with Gasteiger partial charge in [0, 0.05) is 30.8 Å². The standard InChI is InChI=1S/C26H17FN3OS.C2H4O2.Na/c27-21-4-3-5-22(17-21)28-26-29-25(31)24(32-26)16-18-6-8-19(9-7-18)20-10-12-23(13-11-20)30-14-1-2-15-30;1-2(3)4;/h1-3,5-17H,(H,28,29,31);1H3,(H,3,4);/q-1;;+1/b24-16+;;. The van der Waals surface area contributed by atoms with Gasteiger partial charge in [0.25, 0.3) is 11.9 Å². The summed E-state index contributed by atoms with van der Waals surface area (Å²) in [6.07, 6.45) is 5.85. The Morgan fingerprint density at radius 2 is 1.65 bits per heavy atom. The van der Waals surface area contributed by atoms with E-state index >= 15 is 0 Å². The number of hydrogen-bond acceptors (Lipinski definition) is 4. The van der Waals surface area contributed by atoms with Gasteiger partial charge in [-0.1, -0.05) is 36.4 Å². The van der Waals surface area contributed by atoms with Gasteiger partial charge in [0.05, 0.1) is 4.91 Å². The predicted octanol–water partition coefficient (Wildman–Crippen LogP) is 3.07. The van der Waals surface area contributed by atoms with E-state index < -0.39 is 11.8 Å². The van der Waals surface area contributed by atoms with E-state index in [1.165, 1.54) is 23.9 Å². The molecule has 0 unspecified atom stereocenters. The molecule has 180 valence electrons. The van der Waals surface area contributed by atoms with Gasteiger partial charge in [-0.2, -0.15) is 6.07 Å². The first kappa shape index (κ1) is 28.1. The van der Waals surface area contributed by atoms with Gasteiger partial charge in [-0.3, -0.25) is 14.6 Å². The molecule has 1 amide bonds. The molecular weight excluding hydrogens is 500 g/mol. The molecule has 0 atom stereocenters. The number of halogens is 1. The van der Waals surface area contributed by atoms with E-state index in [-0.39, 0.29) is 35.5 Å². The summed E-state index contributed by atoms with van der Waals surface area (Å²) in [4.78, 5) is 26.1. The third-order valence-corrected chi connectivity index (χ3v) is 5.85. The zero-order valence-corrected chi connectivity index (χ0v) is 23.0. The van der Waals surface area contributed by atoms with Crippen molar-refractivity contribution in [3.63, 3.8) is 0 Å². The van der Waals surface area contributed by atoms with Crippen LogP contribution in [0, 0.1) is 11.9 Å². The number of carbonyl (C=O) groups is 2. The number of amidine groups is 1. The molecule has 0 saturated carbocycles. The van der Waals surface area contributed by atoms with Gasteiger partial charge in [0.15, 0.2) is 5.17 Å². The molecule has 1 aromatic heterocycles. The summed E-state index contributed by atoms with van der Waals surface area (Å²) in [7, 11) is 0. The number of carboxylic acids is 1. The molecule has 0 spiro atoms. The number of nitrogens with zero attached hydrogens (tertiary/aromatic N) is 2. The van der Waals surface area contributed by atoms with Crippen LogP contribution in [-0.4, -0.2) is 26.7 Å². The first-order chi connectivity index (χ1) is 17.4. The van der Waals surface area contributed by atoms with Crippen molar-refractivity contribution in [2.24, 2.45) is 4.99 Å². The van der Waals surface area contributed by atoms with Crippen LogP contribution >= 0.6 is 11.8 Å². The van der Waals surface area contributed by atoms with E-state index in [0.29, 0.717) is 15.8 Å². The van der Waals surface area contributed by atoms with Crippen molar-refractivity contribution >= 4 is 40.6 Å². The molecule has 1 aliphatic rings. The average molecular weight is 522 g/mol. The second-order valence-electron chi connectivity index (χ2n) is 7.65. The third kappa shape index (κ3) is 8.03. The number of thioether (sulfide) groups is 1. The van der Waals surface area contributed by atoms with Crippen LogP contribution in [0.3, 0.4) is 0 Å². The maximum absolute atomic E-state index is 13.3. The van der Waals surface area contributed by atoms with E-state index in [1.54, 1.807) is 6.07 Å². The van der Waals surface area contributed by atoms with Crippen molar-refractivity contribution < 1.29 is 48.6 Å². The van der Waals surface area contributed by atoms with Crippen molar-refractivity contribution in [3.8, 4) is 16.8 Å². The van der Waals surface area contributed by atoms with Crippen molar-refractivity contribution in [3.05, 3.63) is 114 Å². The molecule has 1 aliphatic heterocycles. The molecule has 0 bridgehead atoms. The number of hydrogen-bond donors (Lipinski definition) is 2. The van der Waals surface area contributed by atoms with E-state index in [4.69, 9.17) is 9.90 Å². The second-order valence-corrected chi connectivity index (χ2v) is 8.69. The number of carbonyl (C=O) groups excluding carboxylic acids is 1. The van der Waals surface area contributed by atoms with Crippen molar-refractivity contribution in [1.29, 1.82) is 0 Å². The number of aliphatic carboxylic acids is 1. The molecule has 5 rings (SSSR count). The smallest absolute Gasteiger partial charge is 0.481 e. The molecule has 3 aromatic carbocycles. The summed E-state index contributed by atoms with van der Waals surface area (Å²) in [5, 5.41) is 10.6. The molecule has 4 aromatic rings. The summed E-state index contributed by atoms with van der Waals surface area (Å²) in [5.74, 6) is -1.54. The second kappa shape index (κ2) is 13.2. The first-order valence-corrected chi connectivity index (χ1v) is 11.7. The molecule has 0 aliphatic carbocycles. The SMILES string of the molecule is CC(=O)O.O=C1NC(=Nc2cc[c-]c(F)c2)S/C1=C/c1ccc(-c2ccc(-n3cccc3)cc2)cc1.[Na+]. The van der Waals surface area contributed by atoms with Crippen LogP contribution in [0.5, 0.6) is 0 Å². The number of aliphatic imine (C=N–C) groups is 1. The fourth-order valence-corrected chi connectivity index (χ4v) is 4.19. The summed E-state index contributed by atoms with van der Waals surface area (Å²) in [6.45, 7) is 1.08. The Morgan fingerprint density at radius 3 is 2.24 bits per heavy atom. The minimum atomic E-state index is -0.833. The quantitative estimate of drug-likeness (QED) is 0.246. The van der Waals surface area contributed by atoms with E-state index in [9.17, 15) is 9.18 Å². The van der Waals surface area contributed by atoms with Gasteiger partial charge < -0.3 is 15.0 Å². The molecule has 1 saturated heterocycles. The van der Waals surface area contributed by atoms with Crippen LogP contribution in [0.4, 0.5) is 10.1 Å². The average Bonchev–Trinajstić information content (AvgIpc) is 3.50. The van der Waals surface area contributed by atoms with Crippen molar-refractivity contribution in [2.45, 2.75) is 6.92 Å². The molecule has 37 heavy (non-hydrogen) atoms. The number of carboxylic acid groups (broad SMARTS) is 1. The summed E-state index contributed by atoms with van der Waals surface area (Å²) < 4.78 is 15.4. The van der Waals surface area contributed by atoms with Gasteiger partial charge in [-0.05, 0) is 64.5 Å². The topological polar surface area (TPSA) is 83.7 Å². The fraction of sp³-hybridized carbons (Fsp3) is 0.0357. The third-order valence-electron chi connectivity index (χ3n) is 4.94. The molecule has 0 radical (unpaired) electrons. The Bertz CT molecular complexity index is 1430. The molecule has 2 N–H and O–H groups in total. The molecule has 2 heterocycles. The van der Waals surface area contributed by atoms with Gasteiger partial charge in [-0.25, -0.2) is 4.39 Å². The van der Waals surface area contributed by atoms with E-state index in [2.05, 4.69) is 45.2 Å². The molecular formula is C28H21FN3NaO3S. The Balaban J connectivity index is 0.000000711. The Morgan fingerprint density at radius 1 is 1.05 bits per heavy atom. The summed E-state index contributed by atoms with van der Waals surface area (Å²) >= 11 is 1.23. The van der Waals surface area contributed by atoms with Crippen LogP contribution in [0.1, 0.15) is 12.5 Å². The van der Waals surface area contributed by atoms with Gasteiger partial charge in [0.2, 0.25) is 0 Å². The molecule has 9 heteroatoms. The van der Waals surface area contributed by atoms with Gasteiger partial charge in [-0.15, -0.1) is 18.2 Å². The summed E-state index contributed by atoms with van der Waals surface area (Å²) in [5.41, 5.74) is 4.67. The van der Waals surface area contributed by atoms with Crippen LogP contribution in [-0.2, 0) is 9.59 Å². The van der Waals surface area contributed by atoms with Crippen molar-refractivity contribution in [1.82, 2.24) is 9.88 Å². The van der Waals surface area contributed by atoms with Crippen LogP contribution in [0.15, 0.2) is 101 Å². The van der Waals surface area contributed by atoms with E-state index in [1.807, 2.05) is 54.9 Å². The zero-order valence-electron chi connectivity index (χ0n) is 20.2. The number of benzene rings is 3. The number of nitrogens with one attached hydrogen (secondary N) is 1. The minimum absolute atomic E-state index is 0. The van der Waals surface area contributed by atoms with Gasteiger partial charge >= 0.3 is 29.6 Å². The Kier molecular flexibility index (Phi) is 10.0. The normalized spacial score (nSPS) is 14.5. The molecule has 1 fully saturated rings. The fourth-order valence-electron chi connectivity index (χ4n) is 3.35. The van der Waals surface area contributed by atoms with Gasteiger partial charge in [0.1, 0.15) is 0 Å². The van der Waals surface area contributed by atoms with Crippen LogP contribution < -0.4 is 34.9 Å². The van der Waals surface area contributed by atoms with Crippen LogP contribution in [0.25, 0.3) is 22.9 Å². The zero-order chi connectivity index (χ0) is 25.5. The maximum atomic E-state index is 13.3. The number of aromatic nitrogens is 1. The first-order valence-electron chi connectivity index (χ1n) is 10.9. The predicted molar refractivity (Wildman–Crippen MR) is 141 cm³/mol. The number of amides is 1. The summed E-state index contributed by atoms with van der Waals surface area (Å²) in [6, 6.07) is 27.2. The maximum Gasteiger partial charge on any atom is 1.00 e. The van der Waals surface area contributed by atoms with E-state index in [0.717, 1.165) is 29.3 Å². The minimum Gasteiger partial charge on any atom is -0.481 e. The number of rotatable bonds is 4. The van der Waals surface area contributed by atoms with Crippen LogP contribution in [0.2, 0.25) is 0 Å². The largest absolute Gasteiger partial charge is 1.00 e. The Hall–Kier alpha value is -3.43. The molecule has 6 nitrogen and oxygen atoms in total. The Labute approximate surface area is 240 Å².